The molecule has 0 heterocycles. The molecule has 10 nitrogen and oxygen atoms in total. The van der Waals surface area contributed by atoms with Crippen LogP contribution in [0.5, 0.6) is 0 Å². The van der Waals surface area contributed by atoms with E-state index in [0.29, 0.717) is 0 Å². The smallest absolute Gasteiger partial charge is 0.304 e. The molecule has 0 fully saturated rings. The normalized spacial score (nSPS) is 18.4. The van der Waals surface area contributed by atoms with Crippen molar-refractivity contribution in [2.45, 2.75) is 49.5 Å². The van der Waals surface area contributed by atoms with Crippen LogP contribution in [0.25, 0.3) is 0 Å². The zero-order chi connectivity index (χ0) is 19.4. The van der Waals surface area contributed by atoms with Gasteiger partial charge in [-0.15, -0.1) is 0 Å². The van der Waals surface area contributed by atoms with Crippen molar-refractivity contribution in [3.05, 3.63) is 0 Å². The van der Waals surface area contributed by atoms with Crippen LogP contribution in [0.2, 0.25) is 0 Å². The first-order valence-electron chi connectivity index (χ1n) is 6.64. The van der Waals surface area contributed by atoms with Crippen molar-refractivity contribution in [2.75, 3.05) is 13.2 Å². The largest absolute Gasteiger partial charge is 0.394 e. The van der Waals surface area contributed by atoms with Crippen LogP contribution in [0.4, 0.5) is 8.78 Å². The first kappa shape index (κ1) is 25.1. The van der Waals surface area contributed by atoms with E-state index in [9.17, 15) is 18.4 Å². The molecule has 0 aromatic heterocycles. The van der Waals surface area contributed by atoms with E-state index < -0.39 is 74.8 Å². The van der Waals surface area contributed by atoms with Crippen molar-refractivity contribution < 1.29 is 59.2 Å². The van der Waals surface area contributed by atoms with Gasteiger partial charge in [0.05, 0.1) is 38.3 Å². The number of hydrogen-bond acceptors (Lipinski definition) is 10. The Labute approximate surface area is 135 Å². The van der Waals surface area contributed by atoms with Crippen LogP contribution in [-0.4, -0.2) is 103 Å². The zero-order valence-electron chi connectivity index (χ0n) is 12.4. The number of hydrogen-bond donors (Lipinski definition) is 8. The van der Waals surface area contributed by atoms with Gasteiger partial charge in [0.1, 0.15) is 24.4 Å². The summed E-state index contributed by atoms with van der Waals surface area (Å²) in [6, 6.07) is -3.57. The third-order valence-electron chi connectivity index (χ3n) is 2.69. The fraction of sp³-hybridized carbons (Fsp3) is 0.833. The molecule has 0 aliphatic heterocycles. The lowest BCUT2D eigenvalue weighted by Crippen LogP contribution is -2.40. The van der Waals surface area contributed by atoms with Crippen molar-refractivity contribution in [3.8, 4) is 0 Å². The number of aliphatic hydroxyl groups is 8. The van der Waals surface area contributed by atoms with Gasteiger partial charge in [-0.3, -0.25) is 9.59 Å². The minimum atomic E-state index is -1.79. The topological polar surface area (TPSA) is 196 Å². The molecule has 8 N–H and O–H groups in total. The zero-order valence-corrected chi connectivity index (χ0v) is 12.4. The average molecular weight is 363 g/mol. The van der Waals surface area contributed by atoms with Gasteiger partial charge in [-0.2, -0.15) is 8.78 Å². The van der Waals surface area contributed by atoms with Crippen LogP contribution in [0, 0.1) is 0 Å². The highest BCUT2D eigenvalue weighted by Crippen LogP contribution is 2.05. The van der Waals surface area contributed by atoms with E-state index in [2.05, 4.69) is 0 Å². The van der Waals surface area contributed by atoms with E-state index in [-0.39, 0.29) is 0 Å². The SMILES string of the molecule is O=C(F)C[C@@H](O)[C@H](O)[C@H](O)CO.O=C([18F])C[C@@H](O)[C@H](O)[C@H](O)CO. The van der Waals surface area contributed by atoms with Gasteiger partial charge in [-0.05, 0) is 0 Å². The van der Waals surface area contributed by atoms with Crippen molar-refractivity contribution in [1.82, 2.24) is 0 Å². The summed E-state index contributed by atoms with van der Waals surface area (Å²) in [5.41, 5.74) is 0. The van der Waals surface area contributed by atoms with Crippen molar-refractivity contribution in [2.24, 2.45) is 0 Å². The van der Waals surface area contributed by atoms with Gasteiger partial charge >= 0.3 is 12.1 Å². The highest BCUT2D eigenvalue weighted by Gasteiger charge is 2.26. The summed E-state index contributed by atoms with van der Waals surface area (Å²) in [7, 11) is 0. The molecule has 0 bridgehead atoms. The number of carbonyl (C=O) groups excluding carboxylic acids is 2. The molecule has 144 valence electrons. The van der Waals surface area contributed by atoms with E-state index in [1.54, 1.807) is 0 Å². The molecule has 0 aromatic rings. The molecule has 0 aliphatic rings. The third kappa shape index (κ3) is 11.4. The second-order valence-electron chi connectivity index (χ2n) is 4.73. The lowest BCUT2D eigenvalue weighted by molar-refractivity contribution is -0.137. The highest BCUT2D eigenvalue weighted by atomic mass is 19.1. The molecule has 24 heavy (non-hydrogen) atoms. The highest BCUT2D eigenvalue weighted by molar-refractivity contribution is 5.68. The van der Waals surface area contributed by atoms with Crippen LogP contribution < -0.4 is 0 Å². The summed E-state index contributed by atoms with van der Waals surface area (Å²) in [6.45, 7) is -1.53. The summed E-state index contributed by atoms with van der Waals surface area (Å²) in [4.78, 5) is 19.6. The minimum Gasteiger partial charge on any atom is -0.394 e. The van der Waals surface area contributed by atoms with Gasteiger partial charge in [-0.25, -0.2) is 0 Å². The maximum Gasteiger partial charge on any atom is 0.304 e. The summed E-state index contributed by atoms with van der Waals surface area (Å²) in [5.74, 6) is 0. The lowest BCUT2D eigenvalue weighted by atomic mass is 10.1. The monoisotopic (exact) mass is 363 g/mol. The number of rotatable bonds is 10. The summed E-state index contributed by atoms with van der Waals surface area (Å²) in [5, 5.41) is 69.3. The maximum absolute atomic E-state index is 11.6. The Morgan fingerprint density at radius 1 is 0.625 bits per heavy atom. The summed E-state index contributed by atoms with van der Waals surface area (Å²) in [6.07, 6.45) is -11.7. The molecule has 12 heteroatoms. The number of aliphatic hydroxyl groups excluding tert-OH is 8. The Bertz CT molecular complexity index is 336. The Balaban J connectivity index is 0. The van der Waals surface area contributed by atoms with Crippen LogP contribution in [0.15, 0.2) is 0 Å². The van der Waals surface area contributed by atoms with Crippen molar-refractivity contribution in [3.63, 3.8) is 0 Å². The van der Waals surface area contributed by atoms with E-state index in [1.165, 1.54) is 0 Å². The average Bonchev–Trinajstić information content (AvgIpc) is 2.50. The maximum atomic E-state index is 11.6. The molecule has 0 spiro atoms. The minimum absolute atomic E-state index is 0.765. The third-order valence-corrected chi connectivity index (χ3v) is 2.69. The quantitative estimate of drug-likeness (QED) is 0.177. The van der Waals surface area contributed by atoms with E-state index in [1.807, 2.05) is 0 Å². The Morgan fingerprint density at radius 3 is 1.04 bits per heavy atom. The van der Waals surface area contributed by atoms with Gasteiger partial charge in [0.15, 0.2) is 0 Å². The molecule has 0 radical (unpaired) electrons. The molecular weight excluding hydrogens is 341 g/mol. The van der Waals surface area contributed by atoms with Crippen LogP contribution in [0.3, 0.4) is 0 Å². The Morgan fingerprint density at radius 2 is 0.875 bits per heavy atom. The van der Waals surface area contributed by atoms with Crippen molar-refractivity contribution >= 4 is 12.1 Å². The van der Waals surface area contributed by atoms with E-state index in [4.69, 9.17) is 40.9 Å². The predicted octanol–water partition coefficient (Wildman–Crippen LogP) is -4.10. The molecule has 0 saturated heterocycles. The van der Waals surface area contributed by atoms with Crippen LogP contribution in [0.1, 0.15) is 12.8 Å². The standard InChI is InChI=1S/2C6H11FO5/c2*7-5(11)1-3(9)6(12)4(10)2-8/h2*3-4,6,8-10,12H,1-2H2/t2*3-,4-,6+/m11/s1/i7-1;. The Hall–Kier alpha value is -1.12. The Kier molecular flexibility index (Phi) is 13.8. The van der Waals surface area contributed by atoms with Crippen LogP contribution >= 0.6 is 0 Å². The van der Waals surface area contributed by atoms with Gasteiger partial charge in [0.2, 0.25) is 0 Å². The van der Waals surface area contributed by atoms with E-state index >= 15 is 0 Å². The molecule has 0 rings (SSSR count). The van der Waals surface area contributed by atoms with Gasteiger partial charge < -0.3 is 40.9 Å². The molecule has 6 atom stereocenters. The lowest BCUT2D eigenvalue weighted by Gasteiger charge is -2.19. The fourth-order valence-corrected chi connectivity index (χ4v) is 1.30. The van der Waals surface area contributed by atoms with Crippen molar-refractivity contribution in [1.29, 1.82) is 0 Å². The summed E-state index contributed by atoms with van der Waals surface area (Å²) < 4.78 is 23.3. The molecule has 0 aliphatic carbocycles. The predicted molar refractivity (Wildman–Crippen MR) is 71.7 cm³/mol. The van der Waals surface area contributed by atoms with Gasteiger partial charge in [-0.1, -0.05) is 0 Å². The van der Waals surface area contributed by atoms with Gasteiger partial charge in [0, 0.05) is 0 Å². The number of halogens is 2. The molecule has 0 aromatic carbocycles. The van der Waals surface area contributed by atoms with Gasteiger partial charge in [0.25, 0.3) is 0 Å². The van der Waals surface area contributed by atoms with E-state index in [0.717, 1.165) is 0 Å². The molecular formula is C12H22F2O10. The number of carbonyl (C=O) groups is 2. The molecule has 0 unspecified atom stereocenters. The van der Waals surface area contributed by atoms with Crippen LogP contribution in [-0.2, 0) is 9.59 Å². The molecule has 0 saturated carbocycles. The fourth-order valence-electron chi connectivity index (χ4n) is 1.30. The second kappa shape index (κ2) is 13.2. The molecule has 0 amide bonds. The first-order chi connectivity index (χ1) is 11.0. The summed E-state index contributed by atoms with van der Waals surface area (Å²) >= 11 is 0. The first-order valence-corrected chi connectivity index (χ1v) is 6.64. The second-order valence-corrected chi connectivity index (χ2v) is 4.73.